The molecule has 8 heteroatoms. The topological polar surface area (TPSA) is 80.8 Å². The van der Waals surface area contributed by atoms with Gasteiger partial charge < -0.3 is 9.64 Å². The number of hydrogen-bond donors (Lipinski definition) is 0. The summed E-state index contributed by atoms with van der Waals surface area (Å²) >= 11 is 1.57. The van der Waals surface area contributed by atoms with E-state index in [1.807, 2.05) is 23.6 Å². The summed E-state index contributed by atoms with van der Waals surface area (Å²) < 4.78 is 28.8. The van der Waals surface area contributed by atoms with Crippen LogP contribution in [0.5, 0.6) is 0 Å². The number of rotatable bonds is 7. The van der Waals surface area contributed by atoms with Gasteiger partial charge in [0, 0.05) is 10.6 Å². The number of aryl methyl sites for hydroxylation is 1. The highest BCUT2D eigenvalue weighted by molar-refractivity contribution is 7.91. The number of ether oxygens (including phenoxy) is 1. The number of thiophene rings is 1. The number of carbonyl (C=O) groups is 2. The van der Waals surface area contributed by atoms with E-state index in [0.29, 0.717) is 18.5 Å². The smallest absolute Gasteiger partial charge is 0.306 e. The number of esters is 1. The largest absolute Gasteiger partial charge is 0.456 e. The standard InChI is InChI=1S/C19H21NO5S2/c21-18(13-25-19(22)9-8-17-7-4-11-26-17)20(15-5-2-1-3-6-15)16-10-12-27(23,24)14-16/h1-7,11,16H,8-10,12-14H2/t16-/m1/s1. The van der Waals surface area contributed by atoms with E-state index in [1.54, 1.807) is 35.6 Å². The van der Waals surface area contributed by atoms with E-state index in [2.05, 4.69) is 0 Å². The summed E-state index contributed by atoms with van der Waals surface area (Å²) in [6.07, 6.45) is 1.17. The lowest BCUT2D eigenvalue weighted by Gasteiger charge is -2.28. The minimum atomic E-state index is -3.15. The zero-order valence-corrected chi connectivity index (χ0v) is 16.4. The van der Waals surface area contributed by atoms with Gasteiger partial charge in [0.1, 0.15) is 0 Å². The van der Waals surface area contributed by atoms with Crippen molar-refractivity contribution in [1.82, 2.24) is 0 Å². The molecule has 0 aliphatic carbocycles. The normalized spacial score (nSPS) is 18.1. The van der Waals surface area contributed by atoms with Gasteiger partial charge in [-0.15, -0.1) is 11.3 Å². The number of sulfone groups is 1. The second-order valence-corrected chi connectivity index (χ2v) is 9.66. The summed E-state index contributed by atoms with van der Waals surface area (Å²) in [5.74, 6) is -0.856. The van der Waals surface area contributed by atoms with E-state index >= 15 is 0 Å². The second kappa shape index (κ2) is 8.67. The first-order chi connectivity index (χ1) is 12.9. The Labute approximate surface area is 162 Å². The lowest BCUT2D eigenvalue weighted by atomic mass is 10.2. The molecular weight excluding hydrogens is 386 g/mol. The molecule has 1 aromatic carbocycles. The number of para-hydroxylation sites is 1. The van der Waals surface area contributed by atoms with Crippen LogP contribution in [0.25, 0.3) is 0 Å². The van der Waals surface area contributed by atoms with Crippen LogP contribution in [0, 0.1) is 0 Å². The highest BCUT2D eigenvalue weighted by atomic mass is 32.2. The van der Waals surface area contributed by atoms with Gasteiger partial charge >= 0.3 is 5.97 Å². The summed E-state index contributed by atoms with van der Waals surface area (Å²) in [5, 5.41) is 1.94. The SMILES string of the molecule is O=C(CCc1cccs1)OCC(=O)N(c1ccccc1)[C@@H]1CCS(=O)(=O)C1. The van der Waals surface area contributed by atoms with Crippen molar-refractivity contribution in [3.05, 3.63) is 52.7 Å². The third kappa shape index (κ3) is 5.40. The average molecular weight is 408 g/mol. The van der Waals surface area contributed by atoms with Gasteiger partial charge in [-0.3, -0.25) is 9.59 Å². The Balaban J connectivity index is 1.62. The summed E-state index contributed by atoms with van der Waals surface area (Å²) in [6, 6.07) is 12.3. The Bertz CT molecular complexity index is 878. The fraction of sp³-hybridized carbons (Fsp3) is 0.368. The van der Waals surface area contributed by atoms with Gasteiger partial charge in [-0.1, -0.05) is 24.3 Å². The number of hydrogen-bond acceptors (Lipinski definition) is 6. The Morgan fingerprint density at radius 2 is 1.93 bits per heavy atom. The molecule has 1 aliphatic rings. The molecule has 2 aromatic rings. The zero-order chi connectivity index (χ0) is 19.3. The highest BCUT2D eigenvalue weighted by Crippen LogP contribution is 2.24. The maximum absolute atomic E-state index is 12.7. The van der Waals surface area contributed by atoms with Gasteiger partial charge in [-0.2, -0.15) is 0 Å². The van der Waals surface area contributed by atoms with Crippen molar-refractivity contribution in [2.45, 2.75) is 25.3 Å². The highest BCUT2D eigenvalue weighted by Gasteiger charge is 2.35. The monoisotopic (exact) mass is 407 g/mol. The molecule has 1 amide bonds. The Hall–Kier alpha value is -2.19. The van der Waals surface area contributed by atoms with Crippen LogP contribution in [0.15, 0.2) is 47.8 Å². The third-order valence-corrected chi connectivity index (χ3v) is 7.08. The molecule has 1 atom stereocenters. The zero-order valence-electron chi connectivity index (χ0n) is 14.7. The van der Waals surface area contributed by atoms with Crippen LogP contribution >= 0.6 is 11.3 Å². The van der Waals surface area contributed by atoms with Gasteiger partial charge in [-0.25, -0.2) is 8.42 Å². The van der Waals surface area contributed by atoms with Gasteiger partial charge in [0.25, 0.3) is 5.91 Å². The van der Waals surface area contributed by atoms with E-state index in [0.717, 1.165) is 4.88 Å². The first kappa shape index (κ1) is 19.6. The molecule has 2 heterocycles. The van der Waals surface area contributed by atoms with Crippen molar-refractivity contribution in [1.29, 1.82) is 0 Å². The van der Waals surface area contributed by atoms with Gasteiger partial charge in [0.2, 0.25) is 0 Å². The fourth-order valence-electron chi connectivity index (χ4n) is 3.09. The van der Waals surface area contributed by atoms with E-state index in [1.165, 1.54) is 4.90 Å². The quantitative estimate of drug-likeness (QED) is 0.659. The maximum atomic E-state index is 12.7. The maximum Gasteiger partial charge on any atom is 0.306 e. The molecule has 144 valence electrons. The summed E-state index contributed by atoms with van der Waals surface area (Å²) in [5.41, 5.74) is 0.610. The van der Waals surface area contributed by atoms with Gasteiger partial charge in [0.15, 0.2) is 16.4 Å². The molecule has 27 heavy (non-hydrogen) atoms. The molecule has 1 aliphatic heterocycles. The lowest BCUT2D eigenvalue weighted by Crippen LogP contribution is -2.43. The molecule has 0 saturated carbocycles. The molecule has 6 nitrogen and oxygen atoms in total. The van der Waals surface area contributed by atoms with Crippen molar-refractivity contribution in [2.75, 3.05) is 23.0 Å². The molecule has 1 fully saturated rings. The lowest BCUT2D eigenvalue weighted by molar-refractivity contribution is -0.147. The predicted molar refractivity (Wildman–Crippen MR) is 105 cm³/mol. The average Bonchev–Trinajstić information content (AvgIpc) is 3.29. The van der Waals surface area contributed by atoms with Crippen LogP contribution in [0.1, 0.15) is 17.7 Å². The second-order valence-electron chi connectivity index (χ2n) is 6.40. The van der Waals surface area contributed by atoms with Crippen molar-refractivity contribution >= 4 is 38.7 Å². The molecule has 0 bridgehead atoms. The van der Waals surface area contributed by atoms with E-state index < -0.39 is 34.4 Å². The summed E-state index contributed by atoms with van der Waals surface area (Å²) in [4.78, 5) is 27.2. The molecule has 1 aromatic heterocycles. The molecular formula is C19H21NO5S2. The first-order valence-electron chi connectivity index (χ1n) is 8.70. The van der Waals surface area contributed by atoms with Crippen LogP contribution in [0.3, 0.4) is 0 Å². The number of benzene rings is 1. The summed E-state index contributed by atoms with van der Waals surface area (Å²) in [6.45, 7) is -0.394. The predicted octanol–water partition coefficient (Wildman–Crippen LogP) is 2.44. The van der Waals surface area contributed by atoms with Gasteiger partial charge in [0.05, 0.1) is 24.0 Å². The van der Waals surface area contributed by atoms with Gasteiger partial charge in [-0.05, 0) is 36.4 Å². The first-order valence-corrected chi connectivity index (χ1v) is 11.4. The van der Waals surface area contributed by atoms with Crippen LogP contribution < -0.4 is 4.90 Å². The minimum Gasteiger partial charge on any atom is -0.456 e. The molecule has 0 unspecified atom stereocenters. The Kier molecular flexibility index (Phi) is 6.28. The fourth-order valence-corrected chi connectivity index (χ4v) is 5.50. The molecule has 1 saturated heterocycles. The number of carbonyl (C=O) groups excluding carboxylic acids is 2. The van der Waals surface area contributed by atoms with Crippen molar-refractivity contribution in [2.24, 2.45) is 0 Å². The van der Waals surface area contributed by atoms with E-state index in [4.69, 9.17) is 4.74 Å². The number of nitrogens with zero attached hydrogens (tertiary/aromatic N) is 1. The minimum absolute atomic E-state index is 0.0644. The van der Waals surface area contributed by atoms with Crippen molar-refractivity contribution in [3.8, 4) is 0 Å². The van der Waals surface area contributed by atoms with Crippen LogP contribution in [0.2, 0.25) is 0 Å². The van der Waals surface area contributed by atoms with E-state index in [-0.39, 0.29) is 17.9 Å². The van der Waals surface area contributed by atoms with Crippen molar-refractivity contribution in [3.63, 3.8) is 0 Å². The van der Waals surface area contributed by atoms with E-state index in [9.17, 15) is 18.0 Å². The Morgan fingerprint density at radius 1 is 1.15 bits per heavy atom. The number of amides is 1. The summed E-state index contributed by atoms with van der Waals surface area (Å²) in [7, 11) is -3.15. The van der Waals surface area contributed by atoms with Crippen molar-refractivity contribution < 1.29 is 22.7 Å². The van der Waals surface area contributed by atoms with Crippen LogP contribution in [0.4, 0.5) is 5.69 Å². The Morgan fingerprint density at radius 3 is 2.56 bits per heavy atom. The molecule has 0 N–H and O–H groups in total. The molecule has 0 spiro atoms. The van der Waals surface area contributed by atoms with Crippen LogP contribution in [-0.4, -0.2) is 44.4 Å². The third-order valence-electron chi connectivity index (χ3n) is 4.39. The molecule has 3 rings (SSSR count). The molecule has 0 radical (unpaired) electrons. The van der Waals surface area contributed by atoms with Crippen LogP contribution in [-0.2, 0) is 30.6 Å². The number of anilines is 1.